The number of aromatic nitrogens is 1. The Morgan fingerprint density at radius 3 is 2.41 bits per heavy atom. The van der Waals surface area contributed by atoms with Crippen LogP contribution in [0.1, 0.15) is 10.5 Å². The Kier molecular flexibility index (Phi) is 6.75. The van der Waals surface area contributed by atoms with Gasteiger partial charge in [-0.05, 0) is 54.6 Å². The van der Waals surface area contributed by atoms with Crippen molar-refractivity contribution in [3.63, 3.8) is 0 Å². The van der Waals surface area contributed by atoms with Crippen LogP contribution in [0.4, 0.5) is 11.4 Å². The third-order valence-electron chi connectivity index (χ3n) is 4.91. The third-order valence-corrected chi connectivity index (χ3v) is 7.53. The van der Waals surface area contributed by atoms with Crippen LogP contribution in [0.25, 0.3) is 10.9 Å². The van der Waals surface area contributed by atoms with Gasteiger partial charge in [0.05, 0.1) is 15.5 Å². The molecule has 0 spiro atoms. The minimum atomic E-state index is -3.78. The third kappa shape index (κ3) is 5.14. The molecular formula is C22H18BrN3O6S2. The van der Waals surface area contributed by atoms with Gasteiger partial charge in [0, 0.05) is 28.1 Å². The van der Waals surface area contributed by atoms with E-state index in [-0.39, 0.29) is 15.5 Å². The van der Waals surface area contributed by atoms with E-state index in [1.54, 1.807) is 48.5 Å². The lowest BCUT2D eigenvalue weighted by Gasteiger charge is -2.13. The summed E-state index contributed by atoms with van der Waals surface area (Å²) in [6.07, 6.45) is 0. The van der Waals surface area contributed by atoms with Gasteiger partial charge in [0.2, 0.25) is 9.84 Å². The lowest BCUT2D eigenvalue weighted by Crippen LogP contribution is -2.16. The number of hydrogen-bond acceptors (Lipinski definition) is 7. The summed E-state index contributed by atoms with van der Waals surface area (Å²) in [5.41, 5.74) is 1.61. The zero-order chi connectivity index (χ0) is 24.5. The summed E-state index contributed by atoms with van der Waals surface area (Å²) in [6, 6.07) is 19.0. The Bertz CT molecular complexity index is 1570. The van der Waals surface area contributed by atoms with Crippen molar-refractivity contribution in [3.05, 3.63) is 83.0 Å². The zero-order valence-corrected chi connectivity index (χ0v) is 20.9. The van der Waals surface area contributed by atoms with Crippen molar-refractivity contribution in [1.29, 1.82) is 0 Å². The maximum Gasteiger partial charge on any atom is 0.277 e. The average Bonchev–Trinajstić information content (AvgIpc) is 3.22. The number of fused-ring (bicyclic) bond motifs is 1. The molecule has 34 heavy (non-hydrogen) atoms. The van der Waals surface area contributed by atoms with Crippen LogP contribution in [0, 0.1) is 0 Å². The van der Waals surface area contributed by atoms with Gasteiger partial charge in [-0.3, -0.25) is 4.79 Å². The number of anilines is 2. The molecule has 0 radical (unpaired) electrons. The van der Waals surface area contributed by atoms with Crippen LogP contribution in [0.3, 0.4) is 0 Å². The van der Waals surface area contributed by atoms with Crippen LogP contribution in [-0.4, -0.2) is 34.8 Å². The number of amides is 1. The first-order valence-corrected chi connectivity index (χ1v) is 13.1. The normalized spacial score (nSPS) is 11.6. The highest BCUT2D eigenvalue weighted by molar-refractivity contribution is 9.10. The van der Waals surface area contributed by atoms with Crippen molar-refractivity contribution < 1.29 is 25.9 Å². The van der Waals surface area contributed by atoms with Gasteiger partial charge < -0.3 is 10.3 Å². The second-order valence-electron chi connectivity index (χ2n) is 7.20. The molecule has 0 saturated carbocycles. The van der Waals surface area contributed by atoms with Gasteiger partial charge in [-0.15, -0.1) is 0 Å². The fourth-order valence-electron chi connectivity index (χ4n) is 3.29. The maximum absolute atomic E-state index is 13.0. The van der Waals surface area contributed by atoms with Crippen molar-refractivity contribution in [1.82, 2.24) is 4.98 Å². The summed E-state index contributed by atoms with van der Waals surface area (Å²) in [5.74, 6) is -0.470. The van der Waals surface area contributed by atoms with Crippen molar-refractivity contribution in [2.75, 3.05) is 17.4 Å². The fourth-order valence-corrected chi connectivity index (χ4v) is 5.49. The lowest BCUT2D eigenvalue weighted by atomic mass is 10.2. The van der Waals surface area contributed by atoms with Crippen LogP contribution in [-0.2, 0) is 25.1 Å². The number of hydroxylamine groups is 1. The number of H-pyrrole nitrogens is 1. The number of halogens is 1. The molecule has 1 amide bonds. The monoisotopic (exact) mass is 563 g/mol. The Balaban J connectivity index is 1.57. The standard InChI is InChI=1S/C22H18BrN3O6S2/c1-26(32-33(28)29)17-9-8-14-10-21(25-20(14)13-17)22(27)24-16-5-3-7-19(12-16)34(30,31)18-6-2-4-15(23)11-18/h2-13,25,33H,1H3,(H,24,27). The molecule has 0 unspecified atom stereocenters. The molecule has 176 valence electrons. The molecule has 0 atom stereocenters. The van der Waals surface area contributed by atoms with Crippen LogP contribution >= 0.6 is 15.9 Å². The number of aromatic amines is 1. The highest BCUT2D eigenvalue weighted by atomic mass is 79.9. The number of benzene rings is 3. The van der Waals surface area contributed by atoms with Crippen LogP contribution < -0.4 is 10.4 Å². The van der Waals surface area contributed by atoms with E-state index in [9.17, 15) is 21.6 Å². The van der Waals surface area contributed by atoms with Gasteiger partial charge >= 0.3 is 0 Å². The van der Waals surface area contributed by atoms with Gasteiger partial charge in [0.1, 0.15) is 5.69 Å². The number of rotatable bonds is 7. The molecule has 9 nitrogen and oxygen atoms in total. The van der Waals surface area contributed by atoms with Gasteiger partial charge in [-0.25, -0.2) is 21.9 Å². The molecule has 0 aliphatic heterocycles. The minimum Gasteiger partial charge on any atom is -0.350 e. The van der Waals surface area contributed by atoms with E-state index in [2.05, 4.69) is 30.5 Å². The van der Waals surface area contributed by atoms with Crippen molar-refractivity contribution in [2.24, 2.45) is 0 Å². The minimum absolute atomic E-state index is 0.0458. The number of nitrogens with one attached hydrogen (secondary N) is 2. The Morgan fingerprint density at radius 2 is 1.71 bits per heavy atom. The van der Waals surface area contributed by atoms with Gasteiger partial charge in [-0.2, -0.15) is 4.28 Å². The molecule has 1 heterocycles. The second kappa shape index (κ2) is 9.58. The van der Waals surface area contributed by atoms with E-state index in [0.29, 0.717) is 21.4 Å². The summed E-state index contributed by atoms with van der Waals surface area (Å²) >= 11 is 3.28. The number of thiol groups is 1. The first-order chi connectivity index (χ1) is 16.1. The van der Waals surface area contributed by atoms with Gasteiger partial charge in [-0.1, -0.05) is 34.1 Å². The molecule has 1 aromatic heterocycles. The molecular weight excluding hydrogens is 546 g/mol. The molecule has 0 saturated heterocycles. The predicted molar refractivity (Wildman–Crippen MR) is 132 cm³/mol. The Hall–Kier alpha value is -3.19. The quantitative estimate of drug-likeness (QED) is 0.230. The topological polar surface area (TPSA) is 126 Å². The number of hydrogen-bond donors (Lipinski definition) is 3. The van der Waals surface area contributed by atoms with Gasteiger partial charge in [0.15, 0.2) is 0 Å². The molecule has 12 heteroatoms. The van der Waals surface area contributed by atoms with Crippen molar-refractivity contribution in [2.45, 2.75) is 9.79 Å². The highest BCUT2D eigenvalue weighted by Crippen LogP contribution is 2.26. The SMILES string of the molecule is CN(O[SH](=O)=O)c1ccc2cc(C(=O)Nc3cccc(S(=O)(=O)c4cccc(Br)c4)c3)[nH]c2c1. The lowest BCUT2D eigenvalue weighted by molar-refractivity contribution is 0.102. The summed E-state index contributed by atoms with van der Waals surface area (Å²) in [6.45, 7) is 0. The van der Waals surface area contributed by atoms with Gasteiger partial charge in [0.25, 0.3) is 16.9 Å². The van der Waals surface area contributed by atoms with E-state index < -0.39 is 26.7 Å². The molecule has 3 aromatic carbocycles. The number of carbonyl (C=O) groups excluding carboxylic acids is 1. The average molecular weight is 564 g/mol. The molecule has 4 aromatic rings. The van der Waals surface area contributed by atoms with Crippen molar-refractivity contribution >= 4 is 64.9 Å². The number of sulfone groups is 1. The van der Waals surface area contributed by atoms with E-state index in [1.165, 1.54) is 31.3 Å². The van der Waals surface area contributed by atoms with Crippen LogP contribution in [0.15, 0.2) is 87.1 Å². The zero-order valence-electron chi connectivity index (χ0n) is 17.6. The summed E-state index contributed by atoms with van der Waals surface area (Å²) in [4.78, 5) is 16.0. The largest absolute Gasteiger partial charge is 0.350 e. The van der Waals surface area contributed by atoms with E-state index in [4.69, 9.17) is 0 Å². The molecule has 0 fully saturated rings. The van der Waals surface area contributed by atoms with Crippen LogP contribution in [0.5, 0.6) is 0 Å². The van der Waals surface area contributed by atoms with E-state index in [1.807, 2.05) is 0 Å². The van der Waals surface area contributed by atoms with E-state index in [0.717, 1.165) is 10.4 Å². The predicted octanol–water partition coefficient (Wildman–Crippen LogP) is 3.91. The van der Waals surface area contributed by atoms with Crippen LogP contribution in [0.2, 0.25) is 0 Å². The Labute approximate surface area is 205 Å². The smallest absolute Gasteiger partial charge is 0.277 e. The number of nitrogens with zero attached hydrogens (tertiary/aromatic N) is 1. The first-order valence-electron chi connectivity index (χ1n) is 9.74. The molecule has 0 aliphatic carbocycles. The molecule has 0 bridgehead atoms. The summed E-state index contributed by atoms with van der Waals surface area (Å²) in [5, 5.41) is 4.51. The first kappa shape index (κ1) is 24.0. The summed E-state index contributed by atoms with van der Waals surface area (Å²) < 4.78 is 52.8. The Morgan fingerprint density at radius 1 is 1.00 bits per heavy atom. The molecule has 2 N–H and O–H groups in total. The van der Waals surface area contributed by atoms with Crippen molar-refractivity contribution in [3.8, 4) is 0 Å². The van der Waals surface area contributed by atoms with E-state index >= 15 is 0 Å². The highest BCUT2D eigenvalue weighted by Gasteiger charge is 2.19. The second-order valence-corrected chi connectivity index (χ2v) is 10.7. The molecule has 0 aliphatic rings. The number of carbonyl (C=O) groups is 1. The summed E-state index contributed by atoms with van der Waals surface area (Å²) in [7, 11) is -5.39. The maximum atomic E-state index is 13.0. The molecule has 4 rings (SSSR count). The fraction of sp³-hybridized carbons (Fsp3) is 0.0455.